The van der Waals surface area contributed by atoms with E-state index in [4.69, 9.17) is 25.3 Å². The maximum absolute atomic E-state index is 13.0. The summed E-state index contributed by atoms with van der Waals surface area (Å²) in [5.41, 5.74) is 9.26. The lowest BCUT2D eigenvalue weighted by molar-refractivity contribution is 0.0396. The fraction of sp³-hybridized carbons (Fsp3) is 0.333. The van der Waals surface area contributed by atoms with E-state index < -0.39 is 11.1 Å². The molecule has 0 spiro atoms. The minimum Gasteiger partial charge on any atom is -0.495 e. The molecule has 0 radical (unpaired) electrons. The molecule has 0 fully saturated rings. The van der Waals surface area contributed by atoms with Gasteiger partial charge in [0.05, 0.1) is 23.9 Å². The fourth-order valence-electron chi connectivity index (χ4n) is 4.32. The average Bonchev–Trinajstić information content (AvgIpc) is 3.20. The van der Waals surface area contributed by atoms with E-state index in [-0.39, 0.29) is 25.2 Å². The predicted molar refractivity (Wildman–Crippen MR) is 142 cm³/mol. The third-order valence-electron chi connectivity index (χ3n) is 6.65. The molecular formula is C30H32N2O5. The number of benzene rings is 2. The molecule has 0 amide bonds. The summed E-state index contributed by atoms with van der Waals surface area (Å²) in [4.78, 5) is 17.8. The van der Waals surface area contributed by atoms with E-state index in [0.29, 0.717) is 40.6 Å². The second kappa shape index (κ2) is 10.3. The zero-order chi connectivity index (χ0) is 26.8. The molecule has 37 heavy (non-hydrogen) atoms. The number of Topliss-reactive ketones (excluding diaryl/α,β-unsaturated/α-hetero) is 1. The first-order chi connectivity index (χ1) is 17.6. The zero-order valence-corrected chi connectivity index (χ0v) is 21.6. The highest BCUT2D eigenvalue weighted by Gasteiger charge is 2.38. The van der Waals surface area contributed by atoms with Crippen LogP contribution in [0.1, 0.15) is 59.4 Å². The first kappa shape index (κ1) is 26.4. The van der Waals surface area contributed by atoms with Crippen LogP contribution in [0.4, 0.5) is 0 Å². The zero-order valence-electron chi connectivity index (χ0n) is 21.6. The van der Waals surface area contributed by atoms with Crippen molar-refractivity contribution in [2.75, 3.05) is 20.3 Å². The van der Waals surface area contributed by atoms with E-state index in [2.05, 4.69) is 11.8 Å². The molecule has 2 atom stereocenters. The molecule has 1 aliphatic heterocycles. The van der Waals surface area contributed by atoms with Crippen LogP contribution in [0.2, 0.25) is 0 Å². The van der Waals surface area contributed by atoms with Gasteiger partial charge in [0.15, 0.2) is 11.5 Å². The third-order valence-corrected chi connectivity index (χ3v) is 6.65. The summed E-state index contributed by atoms with van der Waals surface area (Å²) in [6.45, 7) is 5.61. The minimum absolute atomic E-state index is 0.0901. The van der Waals surface area contributed by atoms with Crippen molar-refractivity contribution in [3.05, 3.63) is 76.5 Å². The van der Waals surface area contributed by atoms with Gasteiger partial charge in [-0.05, 0) is 51.5 Å². The molecule has 0 saturated heterocycles. The number of aromatic nitrogens is 1. The quantitative estimate of drug-likeness (QED) is 0.333. The Bertz CT molecular complexity index is 1380. The Morgan fingerprint density at radius 3 is 2.65 bits per heavy atom. The first-order valence-electron chi connectivity index (χ1n) is 12.1. The summed E-state index contributed by atoms with van der Waals surface area (Å²) in [5, 5.41) is 20.4. The Balaban J connectivity index is 1.62. The molecule has 2 aromatic carbocycles. The van der Waals surface area contributed by atoms with Gasteiger partial charge in [-0.25, -0.2) is 4.98 Å². The van der Waals surface area contributed by atoms with E-state index in [1.54, 1.807) is 31.2 Å². The van der Waals surface area contributed by atoms with Crippen molar-refractivity contribution in [3.63, 3.8) is 0 Å². The Morgan fingerprint density at radius 2 is 1.97 bits per heavy atom. The van der Waals surface area contributed by atoms with Crippen molar-refractivity contribution in [1.82, 2.24) is 4.98 Å². The molecule has 1 aliphatic rings. The highest BCUT2D eigenvalue weighted by atomic mass is 16.5. The van der Waals surface area contributed by atoms with Gasteiger partial charge >= 0.3 is 0 Å². The largest absolute Gasteiger partial charge is 0.495 e. The molecule has 4 rings (SSSR count). The number of pyridine rings is 1. The number of rotatable bonds is 7. The normalized spacial score (nSPS) is 17.7. The van der Waals surface area contributed by atoms with Gasteiger partial charge in [0.2, 0.25) is 0 Å². The van der Waals surface area contributed by atoms with Gasteiger partial charge in [-0.1, -0.05) is 41.7 Å². The van der Waals surface area contributed by atoms with Gasteiger partial charge < -0.3 is 25.4 Å². The van der Waals surface area contributed by atoms with E-state index in [1.807, 2.05) is 38.1 Å². The Kier molecular flexibility index (Phi) is 7.37. The highest BCUT2D eigenvalue weighted by Crippen LogP contribution is 2.44. The summed E-state index contributed by atoms with van der Waals surface area (Å²) in [6.07, 6.45) is 0.244. The summed E-state index contributed by atoms with van der Waals surface area (Å²) in [6, 6.07) is 14.7. The number of hydrogen-bond acceptors (Lipinski definition) is 7. The minimum atomic E-state index is -1.39. The number of aliphatic hydroxyl groups excluding tert-OH is 1. The van der Waals surface area contributed by atoms with Crippen LogP contribution in [0.5, 0.6) is 11.5 Å². The predicted octanol–water partition coefficient (Wildman–Crippen LogP) is 3.85. The lowest BCUT2D eigenvalue weighted by Gasteiger charge is -2.25. The number of methoxy groups -OCH3 is 1. The molecule has 7 heteroatoms. The van der Waals surface area contributed by atoms with Gasteiger partial charge in [-0.15, -0.1) is 0 Å². The van der Waals surface area contributed by atoms with Crippen LogP contribution in [0.3, 0.4) is 0 Å². The van der Waals surface area contributed by atoms with Gasteiger partial charge in [0.1, 0.15) is 30.3 Å². The molecule has 2 unspecified atom stereocenters. The fourth-order valence-corrected chi connectivity index (χ4v) is 4.32. The molecule has 0 aliphatic carbocycles. The van der Waals surface area contributed by atoms with Gasteiger partial charge in [-0.3, -0.25) is 4.79 Å². The number of ether oxygens (including phenoxy) is 2. The van der Waals surface area contributed by atoms with Gasteiger partial charge in [-0.2, -0.15) is 0 Å². The molecule has 2 heterocycles. The van der Waals surface area contributed by atoms with E-state index >= 15 is 0 Å². The number of nitrogens with zero attached hydrogens (tertiary/aromatic N) is 1. The second-order valence-electron chi connectivity index (χ2n) is 9.88. The lowest BCUT2D eigenvalue weighted by atomic mass is 9.88. The number of carbonyl (C=O) groups excluding carboxylic acids is 1. The number of fused-ring (bicyclic) bond motifs is 1. The topological polar surface area (TPSA) is 115 Å². The standard InChI is InChI=1S/C30H32N2O5/c1-19-7-9-21(10-8-19)27-28-23(29(2,31)18-37-28)17-26(32-27)30(3,35)14-13-24(34)22-12-11-20(6-5-15-33)25(16-22)36-4/h7-12,16-17,33,35H,13-15,18,31H2,1-4H3. The summed E-state index contributed by atoms with van der Waals surface area (Å²) in [7, 11) is 1.50. The molecule has 0 saturated carbocycles. The summed E-state index contributed by atoms with van der Waals surface area (Å²) in [5.74, 6) is 6.31. The number of aliphatic hydroxyl groups is 2. The van der Waals surface area contributed by atoms with Crippen molar-refractivity contribution in [2.24, 2.45) is 5.73 Å². The molecule has 4 N–H and O–H groups in total. The molecule has 3 aromatic rings. The number of hydrogen-bond donors (Lipinski definition) is 3. The maximum Gasteiger partial charge on any atom is 0.163 e. The van der Waals surface area contributed by atoms with E-state index in [0.717, 1.165) is 16.7 Å². The summed E-state index contributed by atoms with van der Waals surface area (Å²) < 4.78 is 11.3. The Morgan fingerprint density at radius 1 is 1.24 bits per heavy atom. The van der Waals surface area contributed by atoms with Crippen molar-refractivity contribution in [2.45, 2.75) is 44.8 Å². The highest BCUT2D eigenvalue weighted by molar-refractivity contribution is 5.96. The molecule has 7 nitrogen and oxygen atoms in total. The second-order valence-corrected chi connectivity index (χ2v) is 9.88. The molecule has 192 valence electrons. The first-order valence-corrected chi connectivity index (χ1v) is 12.1. The van der Waals surface area contributed by atoms with E-state index in [1.165, 1.54) is 7.11 Å². The number of nitrogens with two attached hydrogens (primary N) is 1. The van der Waals surface area contributed by atoms with E-state index in [9.17, 15) is 9.90 Å². The Hall–Kier alpha value is -3.70. The summed E-state index contributed by atoms with van der Waals surface area (Å²) >= 11 is 0. The van der Waals surface area contributed by atoms with Crippen molar-refractivity contribution >= 4 is 5.78 Å². The smallest absolute Gasteiger partial charge is 0.163 e. The van der Waals surface area contributed by atoms with Gasteiger partial charge in [0, 0.05) is 23.1 Å². The molecular weight excluding hydrogens is 468 g/mol. The monoisotopic (exact) mass is 500 g/mol. The van der Waals surface area contributed by atoms with Crippen LogP contribution in [0.25, 0.3) is 11.3 Å². The van der Waals surface area contributed by atoms with Crippen LogP contribution >= 0.6 is 0 Å². The molecule has 1 aromatic heterocycles. The maximum atomic E-state index is 13.0. The Labute approximate surface area is 217 Å². The van der Waals surface area contributed by atoms with Crippen LogP contribution < -0.4 is 15.2 Å². The lowest BCUT2D eigenvalue weighted by Crippen LogP contribution is -2.35. The average molecular weight is 501 g/mol. The number of ketones is 1. The molecule has 0 bridgehead atoms. The SMILES string of the molecule is COc1cc(C(=O)CCC(C)(O)c2cc3c(c(-c4ccc(C)cc4)n2)OCC3(C)N)ccc1C#CCO. The van der Waals surface area contributed by atoms with Crippen LogP contribution in [-0.2, 0) is 11.1 Å². The van der Waals surface area contributed by atoms with Crippen molar-refractivity contribution < 1.29 is 24.5 Å². The number of carbonyl (C=O) groups is 1. The van der Waals surface area contributed by atoms with Crippen LogP contribution in [0.15, 0.2) is 48.5 Å². The van der Waals surface area contributed by atoms with Crippen molar-refractivity contribution in [1.29, 1.82) is 0 Å². The number of aryl methyl sites for hydroxylation is 1. The van der Waals surface area contributed by atoms with Crippen LogP contribution in [0, 0.1) is 18.8 Å². The third kappa shape index (κ3) is 5.52. The van der Waals surface area contributed by atoms with Crippen molar-refractivity contribution in [3.8, 4) is 34.6 Å². The van der Waals surface area contributed by atoms with Gasteiger partial charge in [0.25, 0.3) is 0 Å². The van der Waals surface area contributed by atoms with Crippen LogP contribution in [-0.4, -0.2) is 41.3 Å².